The number of para-hydroxylation sites is 4. The lowest BCUT2D eigenvalue weighted by Crippen LogP contribution is -2.39. The lowest BCUT2D eigenvalue weighted by atomic mass is 9.61. The van der Waals surface area contributed by atoms with Gasteiger partial charge in [-0.25, -0.2) is 4.98 Å². The summed E-state index contributed by atoms with van der Waals surface area (Å²) in [5, 5.41) is 3.51. The molecule has 0 saturated carbocycles. The van der Waals surface area contributed by atoms with Crippen LogP contribution in [-0.2, 0) is 5.41 Å². The molecule has 1 aromatic heterocycles. The number of anilines is 3. The molecule has 9 aromatic rings. The monoisotopic (exact) mass is 676 g/mol. The van der Waals surface area contributed by atoms with Gasteiger partial charge in [0.05, 0.1) is 28.0 Å². The molecule has 0 saturated heterocycles. The maximum Gasteiger partial charge on any atom is 0.132 e. The van der Waals surface area contributed by atoms with Crippen molar-refractivity contribution in [2.24, 2.45) is 0 Å². The van der Waals surface area contributed by atoms with Crippen LogP contribution in [0.5, 0.6) is 11.5 Å². The van der Waals surface area contributed by atoms with E-state index in [2.05, 4.69) is 199 Å². The molecule has 1 spiro atoms. The van der Waals surface area contributed by atoms with Gasteiger partial charge >= 0.3 is 0 Å². The van der Waals surface area contributed by atoms with E-state index in [0.29, 0.717) is 0 Å². The molecule has 0 fully saturated rings. The zero-order chi connectivity index (χ0) is 34.9. The van der Waals surface area contributed by atoms with Crippen LogP contribution in [0.15, 0.2) is 194 Å². The molecule has 0 aliphatic carbocycles. The Labute approximate surface area is 308 Å². The molecule has 0 N–H and O–H groups in total. The highest BCUT2D eigenvalue weighted by Gasteiger charge is 2.50. The number of benzene rings is 8. The van der Waals surface area contributed by atoms with E-state index in [-0.39, 0.29) is 0 Å². The van der Waals surface area contributed by atoms with Gasteiger partial charge in [0, 0.05) is 33.2 Å². The highest BCUT2D eigenvalue weighted by atomic mass is 16.5. The predicted molar refractivity (Wildman–Crippen MR) is 217 cm³/mol. The Morgan fingerprint density at radius 3 is 1.58 bits per heavy atom. The number of nitrogens with zero attached hydrogens (tertiary/aromatic N) is 2. The van der Waals surface area contributed by atoms with E-state index in [4.69, 9.17) is 9.72 Å². The van der Waals surface area contributed by atoms with Gasteiger partial charge in [-0.3, -0.25) is 0 Å². The third-order valence-electron chi connectivity index (χ3n) is 11.1. The van der Waals surface area contributed by atoms with Crippen LogP contribution >= 0.6 is 0 Å². The van der Waals surface area contributed by atoms with Crippen LogP contribution < -0.4 is 9.64 Å². The molecule has 3 heterocycles. The van der Waals surface area contributed by atoms with Crippen LogP contribution in [0.25, 0.3) is 44.1 Å². The molecule has 3 nitrogen and oxygen atoms in total. The fourth-order valence-corrected chi connectivity index (χ4v) is 8.85. The first-order valence-electron chi connectivity index (χ1n) is 18.1. The van der Waals surface area contributed by atoms with E-state index in [1.54, 1.807) is 0 Å². The lowest BCUT2D eigenvalue weighted by Gasteiger charge is -2.48. The molecule has 3 heteroatoms. The maximum absolute atomic E-state index is 6.57. The SMILES string of the molecule is c1ccc(-c2ccc3nc(-c4ccc(N5c6ccccc6C6(c7ccccc7Oc7ccccc76)c6ccccc65)cc4)c4ccccc4c3c2)cc1. The molecular weight excluding hydrogens is 645 g/mol. The van der Waals surface area contributed by atoms with Gasteiger partial charge in [-0.1, -0.05) is 146 Å². The number of pyridine rings is 1. The van der Waals surface area contributed by atoms with Crippen molar-refractivity contribution in [2.45, 2.75) is 5.41 Å². The summed E-state index contributed by atoms with van der Waals surface area (Å²) in [6.07, 6.45) is 0. The van der Waals surface area contributed by atoms with Crippen molar-refractivity contribution in [1.29, 1.82) is 0 Å². The third-order valence-corrected chi connectivity index (χ3v) is 11.1. The summed E-state index contributed by atoms with van der Waals surface area (Å²) >= 11 is 0. The average Bonchev–Trinajstić information content (AvgIpc) is 3.23. The second-order valence-electron chi connectivity index (χ2n) is 13.9. The van der Waals surface area contributed by atoms with Crippen molar-refractivity contribution in [2.75, 3.05) is 4.90 Å². The largest absolute Gasteiger partial charge is 0.457 e. The van der Waals surface area contributed by atoms with E-state index in [9.17, 15) is 0 Å². The molecule has 0 radical (unpaired) electrons. The lowest BCUT2D eigenvalue weighted by molar-refractivity contribution is 0.434. The van der Waals surface area contributed by atoms with Gasteiger partial charge in [0.15, 0.2) is 0 Å². The van der Waals surface area contributed by atoms with E-state index in [1.807, 2.05) is 0 Å². The smallest absolute Gasteiger partial charge is 0.132 e. The summed E-state index contributed by atoms with van der Waals surface area (Å²) in [6, 6.07) is 69.5. The molecule has 0 amide bonds. The Kier molecular flexibility index (Phi) is 6.47. The number of hydrogen-bond acceptors (Lipinski definition) is 3. The highest BCUT2D eigenvalue weighted by Crippen LogP contribution is 2.62. The first-order chi connectivity index (χ1) is 26.3. The summed E-state index contributed by atoms with van der Waals surface area (Å²) < 4.78 is 6.57. The number of fused-ring (bicyclic) bond motifs is 11. The Balaban J connectivity index is 1.07. The van der Waals surface area contributed by atoms with Crippen molar-refractivity contribution in [3.63, 3.8) is 0 Å². The Hall–Kier alpha value is -6.97. The molecule has 248 valence electrons. The predicted octanol–water partition coefficient (Wildman–Crippen LogP) is 13.0. The number of ether oxygens (including phenoxy) is 1. The fraction of sp³-hybridized carbons (Fsp3) is 0.0200. The van der Waals surface area contributed by atoms with E-state index >= 15 is 0 Å². The van der Waals surface area contributed by atoms with Gasteiger partial charge in [-0.2, -0.15) is 0 Å². The molecule has 8 aromatic carbocycles. The van der Waals surface area contributed by atoms with Crippen molar-refractivity contribution < 1.29 is 4.74 Å². The summed E-state index contributed by atoms with van der Waals surface area (Å²) in [4.78, 5) is 7.71. The number of hydrogen-bond donors (Lipinski definition) is 0. The van der Waals surface area contributed by atoms with Gasteiger partial charge in [-0.15, -0.1) is 0 Å². The topological polar surface area (TPSA) is 25.4 Å². The minimum atomic E-state index is -0.552. The molecule has 53 heavy (non-hydrogen) atoms. The zero-order valence-electron chi connectivity index (χ0n) is 28.8. The van der Waals surface area contributed by atoms with Crippen molar-refractivity contribution in [3.05, 3.63) is 216 Å². The van der Waals surface area contributed by atoms with Crippen molar-refractivity contribution in [3.8, 4) is 33.9 Å². The van der Waals surface area contributed by atoms with Crippen LogP contribution in [0.2, 0.25) is 0 Å². The van der Waals surface area contributed by atoms with Gasteiger partial charge in [0.25, 0.3) is 0 Å². The van der Waals surface area contributed by atoms with Crippen molar-refractivity contribution in [1.82, 2.24) is 4.98 Å². The van der Waals surface area contributed by atoms with E-state index in [1.165, 1.54) is 27.6 Å². The highest BCUT2D eigenvalue weighted by molar-refractivity contribution is 6.12. The van der Waals surface area contributed by atoms with Gasteiger partial charge in [-0.05, 0) is 76.2 Å². The van der Waals surface area contributed by atoms with E-state index < -0.39 is 5.41 Å². The molecular formula is C50H32N2O. The number of aromatic nitrogens is 1. The summed E-state index contributed by atoms with van der Waals surface area (Å²) in [6.45, 7) is 0. The summed E-state index contributed by atoms with van der Waals surface area (Å²) in [7, 11) is 0. The summed E-state index contributed by atoms with van der Waals surface area (Å²) in [5.74, 6) is 1.78. The zero-order valence-corrected chi connectivity index (χ0v) is 28.8. The average molecular weight is 677 g/mol. The summed E-state index contributed by atoms with van der Waals surface area (Å²) in [5.41, 5.74) is 13.0. The quantitative estimate of drug-likeness (QED) is 0.174. The fourth-order valence-electron chi connectivity index (χ4n) is 8.85. The molecule has 0 atom stereocenters. The van der Waals surface area contributed by atoms with Gasteiger partial charge < -0.3 is 9.64 Å². The van der Waals surface area contributed by atoms with Crippen LogP contribution in [0.1, 0.15) is 22.3 Å². The second-order valence-corrected chi connectivity index (χ2v) is 13.9. The minimum Gasteiger partial charge on any atom is -0.457 e. The first-order valence-corrected chi connectivity index (χ1v) is 18.1. The molecule has 2 aliphatic heterocycles. The molecule has 0 unspecified atom stereocenters. The standard InChI is InChI=1S/C50H32N2O/c1-2-14-33(15-3-1)35-28-31-44-39(32-35)37-16-4-5-17-38(37)49(51-44)34-26-29-36(30-27-34)52-45-22-10-6-18-40(45)50(41-19-7-11-23-46(41)52)42-20-8-12-24-47(42)53-48-25-13-9-21-43(48)50/h1-32H. The van der Waals surface area contributed by atoms with Crippen LogP contribution in [0, 0.1) is 0 Å². The molecule has 0 bridgehead atoms. The Morgan fingerprint density at radius 1 is 0.396 bits per heavy atom. The second kappa shape index (κ2) is 11.5. The Bertz CT molecular complexity index is 2780. The molecule has 2 aliphatic rings. The van der Waals surface area contributed by atoms with Crippen LogP contribution in [0.3, 0.4) is 0 Å². The van der Waals surface area contributed by atoms with Crippen LogP contribution in [0.4, 0.5) is 17.1 Å². The van der Waals surface area contributed by atoms with Gasteiger partial charge in [0.2, 0.25) is 0 Å². The number of rotatable bonds is 3. The third kappa shape index (κ3) is 4.31. The van der Waals surface area contributed by atoms with E-state index in [0.717, 1.165) is 67.2 Å². The van der Waals surface area contributed by atoms with Gasteiger partial charge in [0.1, 0.15) is 11.5 Å². The first kappa shape index (κ1) is 29.7. The van der Waals surface area contributed by atoms with Crippen LogP contribution in [-0.4, -0.2) is 4.98 Å². The molecule has 11 rings (SSSR count). The van der Waals surface area contributed by atoms with Crippen molar-refractivity contribution >= 4 is 38.7 Å². The normalized spacial score (nSPS) is 13.5. The minimum absolute atomic E-state index is 0.552. The Morgan fingerprint density at radius 2 is 0.925 bits per heavy atom. The maximum atomic E-state index is 6.57.